The van der Waals surface area contributed by atoms with Gasteiger partial charge in [0.25, 0.3) is 0 Å². The molecule has 4 nitrogen and oxygen atoms in total. The van der Waals surface area contributed by atoms with Gasteiger partial charge in [-0.25, -0.2) is 4.98 Å². The first-order chi connectivity index (χ1) is 9.29. The fourth-order valence-electron chi connectivity index (χ4n) is 2.29. The maximum Gasteiger partial charge on any atom is 0.193 e. The molecule has 1 saturated heterocycles. The van der Waals surface area contributed by atoms with Gasteiger partial charge >= 0.3 is 0 Å². The van der Waals surface area contributed by atoms with Crippen LogP contribution in [0.25, 0.3) is 0 Å². The summed E-state index contributed by atoms with van der Waals surface area (Å²) in [7, 11) is 0. The standard InChI is InChI=1S/C14H24N4S/c1-3-15-14(18-9-4-5-10-18)16-8-6-7-13-17-12(2)11-19-13/h11H,3-10H2,1-2H3,(H,15,16). The summed E-state index contributed by atoms with van der Waals surface area (Å²) in [5.41, 5.74) is 1.13. The first kappa shape index (κ1) is 14.3. The van der Waals surface area contributed by atoms with Gasteiger partial charge < -0.3 is 10.2 Å². The highest BCUT2D eigenvalue weighted by atomic mass is 32.1. The SMILES string of the molecule is CCNC(=NCCCc1nc(C)cs1)N1CCCC1. The van der Waals surface area contributed by atoms with Crippen molar-refractivity contribution < 1.29 is 0 Å². The molecule has 0 saturated carbocycles. The molecule has 0 amide bonds. The number of likely N-dealkylation sites (tertiary alicyclic amines) is 1. The molecule has 0 bridgehead atoms. The van der Waals surface area contributed by atoms with Gasteiger partial charge in [0.1, 0.15) is 0 Å². The molecular weight excluding hydrogens is 256 g/mol. The van der Waals surface area contributed by atoms with Crippen LogP contribution < -0.4 is 5.32 Å². The molecule has 0 atom stereocenters. The van der Waals surface area contributed by atoms with E-state index in [1.807, 2.05) is 0 Å². The van der Waals surface area contributed by atoms with Crippen LogP contribution in [0.4, 0.5) is 0 Å². The van der Waals surface area contributed by atoms with Crippen LogP contribution in [0.3, 0.4) is 0 Å². The Hall–Kier alpha value is -1.10. The lowest BCUT2D eigenvalue weighted by molar-refractivity contribution is 0.493. The molecule has 1 aliphatic heterocycles. The predicted octanol–water partition coefficient (Wildman–Crippen LogP) is 2.45. The zero-order valence-corrected chi connectivity index (χ0v) is 12.8. The second-order valence-electron chi connectivity index (χ2n) is 4.92. The van der Waals surface area contributed by atoms with Crippen LogP contribution in [-0.2, 0) is 6.42 Å². The fourth-order valence-corrected chi connectivity index (χ4v) is 3.11. The van der Waals surface area contributed by atoms with Crippen molar-refractivity contribution in [2.75, 3.05) is 26.2 Å². The number of aliphatic imine (C=N–C) groups is 1. The largest absolute Gasteiger partial charge is 0.357 e. The van der Waals surface area contributed by atoms with Crippen LogP contribution in [-0.4, -0.2) is 42.0 Å². The van der Waals surface area contributed by atoms with E-state index in [0.29, 0.717) is 0 Å². The Morgan fingerprint density at radius 1 is 1.47 bits per heavy atom. The Bertz CT molecular complexity index is 407. The summed E-state index contributed by atoms with van der Waals surface area (Å²) in [5.74, 6) is 1.09. The molecular formula is C14H24N4S. The maximum absolute atomic E-state index is 4.73. The third-order valence-corrected chi connectivity index (χ3v) is 4.24. The van der Waals surface area contributed by atoms with Crippen molar-refractivity contribution in [1.82, 2.24) is 15.2 Å². The number of hydrogen-bond donors (Lipinski definition) is 1. The van der Waals surface area contributed by atoms with E-state index in [1.165, 1.54) is 17.8 Å². The second-order valence-corrected chi connectivity index (χ2v) is 5.86. The van der Waals surface area contributed by atoms with Crippen LogP contribution in [0.15, 0.2) is 10.4 Å². The van der Waals surface area contributed by atoms with E-state index in [0.717, 1.165) is 50.7 Å². The fraction of sp³-hybridized carbons (Fsp3) is 0.714. The Labute approximate surface area is 120 Å². The van der Waals surface area contributed by atoms with Gasteiger partial charge in [0.2, 0.25) is 0 Å². The van der Waals surface area contributed by atoms with Gasteiger partial charge in [0.15, 0.2) is 5.96 Å². The molecule has 2 rings (SSSR count). The number of nitrogens with zero attached hydrogens (tertiary/aromatic N) is 3. The molecule has 1 aliphatic rings. The molecule has 0 aliphatic carbocycles. The smallest absolute Gasteiger partial charge is 0.193 e. The van der Waals surface area contributed by atoms with Crippen LogP contribution in [0.1, 0.15) is 36.9 Å². The lowest BCUT2D eigenvalue weighted by Gasteiger charge is -2.20. The normalized spacial score (nSPS) is 16.1. The lowest BCUT2D eigenvalue weighted by Crippen LogP contribution is -2.39. The van der Waals surface area contributed by atoms with Crippen molar-refractivity contribution in [3.63, 3.8) is 0 Å². The summed E-state index contributed by atoms with van der Waals surface area (Å²) >= 11 is 1.76. The maximum atomic E-state index is 4.73. The molecule has 1 aromatic heterocycles. The van der Waals surface area contributed by atoms with Gasteiger partial charge in [0.05, 0.1) is 5.01 Å². The Morgan fingerprint density at radius 3 is 2.89 bits per heavy atom. The summed E-state index contributed by atoms with van der Waals surface area (Å²) in [5, 5.41) is 6.74. The van der Waals surface area contributed by atoms with E-state index in [4.69, 9.17) is 4.99 Å². The van der Waals surface area contributed by atoms with Gasteiger partial charge in [-0.15, -0.1) is 11.3 Å². The minimum Gasteiger partial charge on any atom is -0.357 e. The quantitative estimate of drug-likeness (QED) is 0.512. The van der Waals surface area contributed by atoms with Crippen LogP contribution in [0.5, 0.6) is 0 Å². The van der Waals surface area contributed by atoms with E-state index < -0.39 is 0 Å². The average molecular weight is 280 g/mol. The second kappa shape index (κ2) is 7.48. The van der Waals surface area contributed by atoms with Crippen molar-refractivity contribution in [3.8, 4) is 0 Å². The molecule has 0 aromatic carbocycles. The number of thiazole rings is 1. The predicted molar refractivity (Wildman–Crippen MR) is 82.0 cm³/mol. The summed E-state index contributed by atoms with van der Waals surface area (Å²) in [6.07, 6.45) is 4.71. The summed E-state index contributed by atoms with van der Waals surface area (Å²) in [4.78, 5) is 11.6. The highest BCUT2D eigenvalue weighted by molar-refractivity contribution is 7.09. The number of aryl methyl sites for hydroxylation is 2. The third kappa shape index (κ3) is 4.49. The number of guanidine groups is 1. The van der Waals surface area contributed by atoms with E-state index in [9.17, 15) is 0 Å². The zero-order valence-electron chi connectivity index (χ0n) is 12.0. The first-order valence-corrected chi connectivity index (χ1v) is 8.12. The van der Waals surface area contributed by atoms with Crippen molar-refractivity contribution >= 4 is 17.3 Å². The lowest BCUT2D eigenvalue weighted by atomic mass is 10.3. The van der Waals surface area contributed by atoms with Crippen molar-refractivity contribution in [2.24, 2.45) is 4.99 Å². The molecule has 2 heterocycles. The van der Waals surface area contributed by atoms with Crippen molar-refractivity contribution in [2.45, 2.75) is 39.5 Å². The van der Waals surface area contributed by atoms with E-state index in [-0.39, 0.29) is 0 Å². The number of nitrogens with one attached hydrogen (secondary N) is 1. The Balaban J connectivity index is 1.77. The number of hydrogen-bond acceptors (Lipinski definition) is 3. The number of rotatable bonds is 5. The summed E-state index contributed by atoms with van der Waals surface area (Å²) in [6, 6.07) is 0. The van der Waals surface area contributed by atoms with Crippen LogP contribution >= 0.6 is 11.3 Å². The van der Waals surface area contributed by atoms with Crippen LogP contribution in [0.2, 0.25) is 0 Å². The third-order valence-electron chi connectivity index (χ3n) is 3.22. The minimum atomic E-state index is 0.886. The van der Waals surface area contributed by atoms with Crippen molar-refractivity contribution in [3.05, 3.63) is 16.1 Å². The number of aromatic nitrogens is 1. The average Bonchev–Trinajstić information content (AvgIpc) is 3.04. The summed E-state index contributed by atoms with van der Waals surface area (Å²) < 4.78 is 0. The van der Waals surface area contributed by atoms with Crippen molar-refractivity contribution in [1.29, 1.82) is 0 Å². The molecule has 0 unspecified atom stereocenters. The van der Waals surface area contributed by atoms with Gasteiger partial charge in [-0.3, -0.25) is 4.99 Å². The summed E-state index contributed by atoms with van der Waals surface area (Å²) in [6.45, 7) is 8.31. The topological polar surface area (TPSA) is 40.5 Å². The molecule has 0 radical (unpaired) electrons. The monoisotopic (exact) mass is 280 g/mol. The molecule has 0 spiro atoms. The molecule has 106 valence electrons. The van der Waals surface area contributed by atoms with E-state index in [1.54, 1.807) is 11.3 Å². The van der Waals surface area contributed by atoms with Gasteiger partial charge in [-0.2, -0.15) is 0 Å². The van der Waals surface area contributed by atoms with Gasteiger partial charge in [-0.1, -0.05) is 0 Å². The zero-order chi connectivity index (χ0) is 13.5. The van der Waals surface area contributed by atoms with Gasteiger partial charge in [0, 0.05) is 43.7 Å². The van der Waals surface area contributed by atoms with Crippen LogP contribution in [0, 0.1) is 6.92 Å². The van der Waals surface area contributed by atoms with E-state index in [2.05, 4.69) is 34.4 Å². The highest BCUT2D eigenvalue weighted by Crippen LogP contribution is 2.11. The first-order valence-electron chi connectivity index (χ1n) is 7.24. The Morgan fingerprint density at radius 2 is 2.26 bits per heavy atom. The molecule has 1 N–H and O–H groups in total. The minimum absolute atomic E-state index is 0.886. The Kier molecular flexibility index (Phi) is 5.63. The molecule has 5 heteroatoms. The molecule has 1 aromatic rings. The molecule has 1 fully saturated rings. The van der Waals surface area contributed by atoms with E-state index >= 15 is 0 Å². The highest BCUT2D eigenvalue weighted by Gasteiger charge is 2.15. The van der Waals surface area contributed by atoms with Gasteiger partial charge in [-0.05, 0) is 33.1 Å². The molecule has 19 heavy (non-hydrogen) atoms.